The van der Waals surface area contributed by atoms with Crippen molar-refractivity contribution in [1.29, 1.82) is 0 Å². The summed E-state index contributed by atoms with van der Waals surface area (Å²) in [6.45, 7) is 6.27. The predicted octanol–water partition coefficient (Wildman–Crippen LogP) is 0.504. The third-order valence-electron chi connectivity index (χ3n) is 8.01. The average Bonchev–Trinajstić information content (AvgIpc) is 3.14. The molecule has 202 valence electrons. The number of aliphatic hydroxyl groups is 2. The topological polar surface area (TPSA) is 151 Å². The second-order valence-electron chi connectivity index (χ2n) is 12.1. The fourth-order valence-corrected chi connectivity index (χ4v) is 5.87. The van der Waals surface area contributed by atoms with E-state index in [0.717, 1.165) is 24.4 Å². The van der Waals surface area contributed by atoms with Gasteiger partial charge >= 0.3 is 0 Å². The zero-order valence-corrected chi connectivity index (χ0v) is 22.0. The lowest BCUT2D eigenvalue weighted by molar-refractivity contribution is -0.144. The Bertz CT molecular complexity index is 1140. The van der Waals surface area contributed by atoms with E-state index >= 15 is 0 Å². The quantitative estimate of drug-likeness (QED) is 0.483. The molecule has 0 aromatic carbocycles. The van der Waals surface area contributed by atoms with Crippen LogP contribution in [-0.4, -0.2) is 88.0 Å². The number of carbonyl (C=O) groups is 2. The van der Waals surface area contributed by atoms with Crippen molar-refractivity contribution in [2.45, 2.75) is 89.0 Å². The first kappa shape index (κ1) is 25.8. The fraction of sp³-hybridized carbons (Fsp3) is 0.760. The number of β-amino-alcohol motifs (C(OH)–C–C–N with tert-alkyl or cyclic N) is 1. The van der Waals surface area contributed by atoms with Gasteiger partial charge in [-0.3, -0.25) is 9.59 Å². The van der Waals surface area contributed by atoms with Crippen molar-refractivity contribution >= 4 is 11.8 Å². The van der Waals surface area contributed by atoms with Gasteiger partial charge in [-0.25, -0.2) is 4.68 Å². The zero-order valence-electron chi connectivity index (χ0n) is 22.0. The summed E-state index contributed by atoms with van der Waals surface area (Å²) in [6, 6.07) is -1.44. The molecule has 1 aliphatic heterocycles. The van der Waals surface area contributed by atoms with Crippen molar-refractivity contribution in [3.63, 3.8) is 0 Å². The van der Waals surface area contributed by atoms with E-state index in [1.165, 1.54) is 4.90 Å². The van der Waals surface area contributed by atoms with E-state index in [4.69, 9.17) is 0 Å². The number of nitrogens with one attached hydrogen (secondary N) is 1. The Kier molecular flexibility index (Phi) is 6.82. The molecule has 2 aromatic heterocycles. The van der Waals surface area contributed by atoms with Gasteiger partial charge in [0.15, 0.2) is 0 Å². The maximum absolute atomic E-state index is 13.9. The first-order valence-electron chi connectivity index (χ1n) is 13.2. The number of amides is 2. The van der Waals surface area contributed by atoms with E-state index < -0.39 is 29.7 Å². The molecule has 3 aliphatic rings. The Morgan fingerprint density at radius 1 is 1.14 bits per heavy atom. The predicted molar refractivity (Wildman–Crippen MR) is 132 cm³/mol. The second kappa shape index (κ2) is 9.79. The van der Waals surface area contributed by atoms with Crippen LogP contribution in [0, 0.1) is 11.3 Å². The number of hydrogen-bond acceptors (Lipinski definition) is 8. The maximum atomic E-state index is 13.9. The number of aromatic nitrogens is 6. The largest absolute Gasteiger partial charge is 0.393 e. The Labute approximate surface area is 216 Å². The molecule has 37 heavy (non-hydrogen) atoms. The molecule has 6 atom stereocenters. The molecular weight excluding hydrogens is 476 g/mol. The van der Waals surface area contributed by atoms with Crippen LogP contribution >= 0.6 is 0 Å². The van der Waals surface area contributed by atoms with E-state index in [9.17, 15) is 19.8 Å². The van der Waals surface area contributed by atoms with Gasteiger partial charge in [0.05, 0.1) is 17.9 Å². The average molecular weight is 515 g/mol. The molecule has 3 heterocycles. The molecule has 2 saturated carbocycles. The summed E-state index contributed by atoms with van der Waals surface area (Å²) in [5.74, 6) is 0.625. The molecule has 3 N–H and O–H groups in total. The van der Waals surface area contributed by atoms with Crippen LogP contribution in [0.5, 0.6) is 0 Å². The normalized spacial score (nSPS) is 29.0. The van der Waals surface area contributed by atoms with Gasteiger partial charge in [0.2, 0.25) is 11.8 Å². The standard InChI is InChI=1S/C25H38N8O4/c1-25(2,3)21(33-12-18(28-30-33)14-5-6-14)24(37)32-11-17(34)9-19(32)23(36)26-10-16-7-15(8-20(16)35)22-29-27-13-31(22)4/h12-17,19-21,34-35H,5-11H2,1-4H3,(H,26,36)/t15-,16+,17+,19-,20+,21+/m0/s1. The van der Waals surface area contributed by atoms with E-state index in [-0.39, 0.29) is 36.6 Å². The van der Waals surface area contributed by atoms with Crippen LogP contribution in [0.25, 0.3) is 0 Å². The molecule has 2 aromatic rings. The Morgan fingerprint density at radius 3 is 2.54 bits per heavy atom. The molecule has 0 bridgehead atoms. The van der Waals surface area contributed by atoms with E-state index in [1.54, 1.807) is 11.0 Å². The van der Waals surface area contributed by atoms with Gasteiger partial charge in [-0.05, 0) is 31.1 Å². The molecule has 5 rings (SSSR count). The minimum atomic E-state index is -0.785. The van der Waals surface area contributed by atoms with Gasteiger partial charge in [0, 0.05) is 50.5 Å². The highest BCUT2D eigenvalue weighted by Gasteiger charge is 2.46. The van der Waals surface area contributed by atoms with Gasteiger partial charge in [0.25, 0.3) is 0 Å². The summed E-state index contributed by atoms with van der Waals surface area (Å²) >= 11 is 0. The first-order valence-corrected chi connectivity index (χ1v) is 13.2. The molecule has 0 radical (unpaired) electrons. The number of aryl methyl sites for hydroxylation is 1. The summed E-state index contributed by atoms with van der Waals surface area (Å²) in [4.78, 5) is 28.6. The molecule has 0 spiro atoms. The van der Waals surface area contributed by atoms with Gasteiger partial charge < -0.3 is 25.0 Å². The van der Waals surface area contributed by atoms with Crippen LogP contribution in [0.2, 0.25) is 0 Å². The van der Waals surface area contributed by atoms with Crippen LogP contribution in [0.1, 0.15) is 82.3 Å². The van der Waals surface area contributed by atoms with Gasteiger partial charge in [-0.15, -0.1) is 15.3 Å². The van der Waals surface area contributed by atoms with Crippen LogP contribution in [0.15, 0.2) is 12.5 Å². The van der Waals surface area contributed by atoms with Crippen LogP contribution in [0.3, 0.4) is 0 Å². The molecule has 2 amide bonds. The lowest BCUT2D eigenvalue weighted by atomic mass is 9.85. The second-order valence-corrected chi connectivity index (χ2v) is 12.1. The van der Waals surface area contributed by atoms with Gasteiger partial charge in [-0.1, -0.05) is 26.0 Å². The van der Waals surface area contributed by atoms with E-state index in [1.807, 2.05) is 38.6 Å². The summed E-state index contributed by atoms with van der Waals surface area (Å²) < 4.78 is 3.48. The maximum Gasteiger partial charge on any atom is 0.248 e. The van der Waals surface area contributed by atoms with Crippen molar-refractivity contribution in [2.24, 2.45) is 18.4 Å². The molecule has 0 unspecified atom stereocenters. The third-order valence-corrected chi connectivity index (χ3v) is 8.01. The smallest absolute Gasteiger partial charge is 0.248 e. The van der Waals surface area contributed by atoms with Crippen molar-refractivity contribution in [3.05, 3.63) is 24.0 Å². The summed E-state index contributed by atoms with van der Waals surface area (Å²) in [7, 11) is 1.88. The molecule has 2 aliphatic carbocycles. The highest BCUT2D eigenvalue weighted by Crippen LogP contribution is 2.40. The minimum absolute atomic E-state index is 0.0755. The Balaban J connectivity index is 1.26. The van der Waals surface area contributed by atoms with E-state index in [0.29, 0.717) is 25.3 Å². The molecule has 3 fully saturated rings. The third kappa shape index (κ3) is 5.26. The van der Waals surface area contributed by atoms with Crippen molar-refractivity contribution in [3.8, 4) is 0 Å². The summed E-state index contributed by atoms with van der Waals surface area (Å²) in [6.07, 6.45) is 5.74. The van der Waals surface area contributed by atoms with Crippen molar-refractivity contribution in [1.82, 2.24) is 40.0 Å². The molecule has 1 saturated heterocycles. The van der Waals surface area contributed by atoms with Gasteiger partial charge in [0.1, 0.15) is 24.2 Å². The number of aliphatic hydroxyl groups excluding tert-OH is 2. The Morgan fingerprint density at radius 2 is 1.89 bits per heavy atom. The minimum Gasteiger partial charge on any atom is -0.393 e. The first-order chi connectivity index (χ1) is 17.5. The summed E-state index contributed by atoms with van der Waals surface area (Å²) in [5.41, 5.74) is 0.413. The number of likely N-dealkylation sites (tertiary alicyclic amines) is 1. The highest BCUT2D eigenvalue weighted by molar-refractivity contribution is 5.90. The van der Waals surface area contributed by atoms with E-state index in [2.05, 4.69) is 25.8 Å². The molecular formula is C25H38N8O4. The molecule has 12 heteroatoms. The SMILES string of the molecule is Cn1cnnc1[C@H]1C[C@H](CNC(=O)[C@@H]2C[C@@H](O)CN2C(=O)[C@@H](n2cc(C3CC3)nn2)C(C)(C)C)[C@H](O)C1. The fourth-order valence-electron chi connectivity index (χ4n) is 5.87. The number of nitrogens with zero attached hydrogens (tertiary/aromatic N) is 7. The van der Waals surface area contributed by atoms with Crippen LogP contribution in [-0.2, 0) is 16.6 Å². The van der Waals surface area contributed by atoms with Crippen LogP contribution < -0.4 is 5.32 Å². The zero-order chi connectivity index (χ0) is 26.5. The lowest BCUT2D eigenvalue weighted by Crippen LogP contribution is -2.51. The monoisotopic (exact) mass is 514 g/mol. The van der Waals surface area contributed by atoms with Crippen molar-refractivity contribution < 1.29 is 19.8 Å². The Hall–Kier alpha value is -2.86. The molecule has 12 nitrogen and oxygen atoms in total. The lowest BCUT2D eigenvalue weighted by Gasteiger charge is -2.34. The number of hydrogen-bond donors (Lipinski definition) is 3. The number of rotatable bonds is 7. The van der Waals surface area contributed by atoms with Crippen molar-refractivity contribution in [2.75, 3.05) is 13.1 Å². The van der Waals surface area contributed by atoms with Gasteiger partial charge in [-0.2, -0.15) is 0 Å². The van der Waals surface area contributed by atoms with Crippen LogP contribution in [0.4, 0.5) is 0 Å². The summed E-state index contributed by atoms with van der Waals surface area (Å²) in [5, 5.41) is 40.6. The highest BCUT2D eigenvalue weighted by atomic mass is 16.3. The number of carbonyl (C=O) groups excluding carboxylic acids is 2.